The van der Waals surface area contributed by atoms with Crippen molar-refractivity contribution in [2.24, 2.45) is 0 Å². The van der Waals surface area contributed by atoms with Crippen molar-refractivity contribution in [1.82, 2.24) is 0 Å². The molecular formula is C21H26NO3+. The van der Waals surface area contributed by atoms with Crippen molar-refractivity contribution < 1.29 is 19.2 Å². The van der Waals surface area contributed by atoms with Crippen LogP contribution in [-0.2, 0) is 4.74 Å². The zero-order chi connectivity index (χ0) is 17.5. The Morgan fingerprint density at radius 1 is 1.08 bits per heavy atom. The van der Waals surface area contributed by atoms with E-state index in [2.05, 4.69) is 6.92 Å². The summed E-state index contributed by atoms with van der Waals surface area (Å²) >= 11 is 0. The number of nitrogens with one attached hydrogen (secondary N) is 1. The number of morpholine rings is 1. The molecule has 1 aliphatic rings. The van der Waals surface area contributed by atoms with Gasteiger partial charge in [-0.05, 0) is 30.7 Å². The van der Waals surface area contributed by atoms with Crippen LogP contribution in [0.15, 0.2) is 54.6 Å². The lowest BCUT2D eigenvalue weighted by Crippen LogP contribution is -3.15. The first-order valence-corrected chi connectivity index (χ1v) is 9.04. The highest BCUT2D eigenvalue weighted by atomic mass is 16.5. The molecule has 1 saturated heterocycles. The molecule has 2 aromatic rings. The van der Waals surface area contributed by atoms with Gasteiger partial charge in [0.05, 0.1) is 19.8 Å². The SMILES string of the molecule is CCCOc1ccc(C(=O)C(c2ccccc2)[NH+]2CCOCC2)cc1. The molecule has 0 amide bonds. The van der Waals surface area contributed by atoms with Crippen LogP contribution in [0.2, 0.25) is 0 Å². The summed E-state index contributed by atoms with van der Waals surface area (Å²) < 4.78 is 11.1. The van der Waals surface area contributed by atoms with E-state index in [1.54, 1.807) is 0 Å². The van der Waals surface area contributed by atoms with Gasteiger partial charge >= 0.3 is 0 Å². The standard InChI is InChI=1S/C21H25NO3/c1-2-14-25-19-10-8-18(9-11-19)21(23)20(17-6-4-3-5-7-17)22-12-15-24-16-13-22/h3-11,20H,2,12-16H2,1H3/p+1. The molecule has 1 aliphatic heterocycles. The summed E-state index contributed by atoms with van der Waals surface area (Å²) in [5.41, 5.74) is 1.80. The molecule has 2 aromatic carbocycles. The minimum atomic E-state index is -0.187. The van der Waals surface area contributed by atoms with Crippen LogP contribution in [0.5, 0.6) is 5.75 Å². The molecule has 0 bridgehead atoms. The molecule has 4 nitrogen and oxygen atoms in total. The van der Waals surface area contributed by atoms with Gasteiger partial charge in [-0.3, -0.25) is 4.79 Å². The van der Waals surface area contributed by atoms with Crippen LogP contribution >= 0.6 is 0 Å². The number of carbonyl (C=O) groups excluding carboxylic acids is 1. The van der Waals surface area contributed by atoms with E-state index in [4.69, 9.17) is 9.47 Å². The first-order valence-electron chi connectivity index (χ1n) is 9.04. The summed E-state index contributed by atoms with van der Waals surface area (Å²) in [4.78, 5) is 14.5. The Bertz CT molecular complexity index is 663. The second-order valence-electron chi connectivity index (χ2n) is 6.35. The number of ketones is 1. The van der Waals surface area contributed by atoms with Crippen molar-refractivity contribution in [3.63, 3.8) is 0 Å². The van der Waals surface area contributed by atoms with Crippen LogP contribution in [0, 0.1) is 0 Å². The van der Waals surface area contributed by atoms with E-state index in [9.17, 15) is 4.79 Å². The second kappa shape index (κ2) is 8.79. The van der Waals surface area contributed by atoms with Crippen molar-refractivity contribution in [3.05, 3.63) is 65.7 Å². The Morgan fingerprint density at radius 2 is 1.76 bits per heavy atom. The summed E-state index contributed by atoms with van der Waals surface area (Å²) in [7, 11) is 0. The third kappa shape index (κ3) is 4.47. The smallest absolute Gasteiger partial charge is 0.224 e. The maximum atomic E-state index is 13.3. The number of Topliss-reactive ketones (excluding diaryl/α,β-unsaturated/α-hetero) is 1. The molecule has 132 valence electrons. The Hall–Kier alpha value is -2.17. The van der Waals surface area contributed by atoms with Crippen molar-refractivity contribution in [3.8, 4) is 5.75 Å². The van der Waals surface area contributed by atoms with Gasteiger partial charge in [0.2, 0.25) is 5.78 Å². The summed E-state index contributed by atoms with van der Waals surface area (Å²) in [6, 6.07) is 17.4. The summed E-state index contributed by atoms with van der Waals surface area (Å²) in [6.07, 6.45) is 0.969. The zero-order valence-electron chi connectivity index (χ0n) is 14.7. The fraction of sp³-hybridized carbons (Fsp3) is 0.381. The number of hydrogen-bond acceptors (Lipinski definition) is 3. The van der Waals surface area contributed by atoms with Crippen LogP contribution in [0.1, 0.15) is 35.3 Å². The molecule has 1 atom stereocenters. The molecule has 0 aromatic heterocycles. The van der Waals surface area contributed by atoms with Gasteiger partial charge in [-0.15, -0.1) is 0 Å². The van der Waals surface area contributed by atoms with E-state index in [1.165, 1.54) is 4.90 Å². The van der Waals surface area contributed by atoms with Gasteiger partial charge in [0.1, 0.15) is 18.8 Å². The number of carbonyl (C=O) groups is 1. The van der Waals surface area contributed by atoms with E-state index < -0.39 is 0 Å². The third-order valence-corrected chi connectivity index (χ3v) is 4.55. The first kappa shape index (κ1) is 17.6. The van der Waals surface area contributed by atoms with Gasteiger partial charge in [-0.2, -0.15) is 0 Å². The summed E-state index contributed by atoms with van der Waals surface area (Å²) in [5.74, 6) is 0.971. The Kier molecular flexibility index (Phi) is 6.20. The van der Waals surface area contributed by atoms with Crippen LogP contribution in [0.4, 0.5) is 0 Å². The molecule has 0 saturated carbocycles. The monoisotopic (exact) mass is 340 g/mol. The quantitative estimate of drug-likeness (QED) is 0.787. The fourth-order valence-corrected chi connectivity index (χ4v) is 3.24. The number of ether oxygens (including phenoxy) is 2. The molecule has 1 unspecified atom stereocenters. The zero-order valence-corrected chi connectivity index (χ0v) is 14.7. The molecule has 0 aliphatic carbocycles. The molecule has 0 radical (unpaired) electrons. The van der Waals surface area contributed by atoms with Gasteiger partial charge in [-0.1, -0.05) is 37.3 Å². The molecule has 0 spiro atoms. The summed E-state index contributed by atoms with van der Waals surface area (Å²) in [6.45, 7) is 5.88. The molecule has 3 rings (SSSR count). The summed E-state index contributed by atoms with van der Waals surface area (Å²) in [5, 5.41) is 0. The lowest BCUT2D eigenvalue weighted by atomic mass is 9.95. The molecule has 25 heavy (non-hydrogen) atoms. The predicted molar refractivity (Wildman–Crippen MR) is 97.3 cm³/mol. The molecule has 4 heteroatoms. The number of quaternary nitrogens is 1. The molecule has 1 fully saturated rings. The third-order valence-electron chi connectivity index (χ3n) is 4.55. The van der Waals surface area contributed by atoms with Crippen LogP contribution in [0.25, 0.3) is 0 Å². The Morgan fingerprint density at radius 3 is 2.40 bits per heavy atom. The molecule has 1 heterocycles. The van der Waals surface area contributed by atoms with Crippen LogP contribution in [0.3, 0.4) is 0 Å². The van der Waals surface area contributed by atoms with Gasteiger partial charge in [0.25, 0.3) is 0 Å². The topological polar surface area (TPSA) is 40.0 Å². The second-order valence-corrected chi connectivity index (χ2v) is 6.35. The molecule has 1 N–H and O–H groups in total. The van der Waals surface area contributed by atoms with Crippen molar-refractivity contribution in [1.29, 1.82) is 0 Å². The predicted octanol–water partition coefficient (Wildman–Crippen LogP) is 2.31. The normalized spacial score (nSPS) is 16.4. The van der Waals surface area contributed by atoms with Crippen molar-refractivity contribution in [2.75, 3.05) is 32.9 Å². The van der Waals surface area contributed by atoms with E-state index in [-0.39, 0.29) is 11.8 Å². The largest absolute Gasteiger partial charge is 0.494 e. The van der Waals surface area contributed by atoms with Crippen molar-refractivity contribution in [2.45, 2.75) is 19.4 Å². The van der Waals surface area contributed by atoms with Gasteiger partial charge < -0.3 is 14.4 Å². The lowest BCUT2D eigenvalue weighted by Gasteiger charge is -2.31. The lowest BCUT2D eigenvalue weighted by molar-refractivity contribution is -0.928. The van der Waals surface area contributed by atoms with Gasteiger partial charge in [0, 0.05) is 11.1 Å². The average molecular weight is 340 g/mol. The fourth-order valence-electron chi connectivity index (χ4n) is 3.24. The van der Waals surface area contributed by atoms with Crippen molar-refractivity contribution >= 4 is 5.78 Å². The van der Waals surface area contributed by atoms with E-state index in [1.807, 2.05) is 54.6 Å². The minimum Gasteiger partial charge on any atom is -0.494 e. The van der Waals surface area contributed by atoms with E-state index >= 15 is 0 Å². The average Bonchev–Trinajstić information content (AvgIpc) is 2.68. The molecular weight excluding hydrogens is 314 g/mol. The highest BCUT2D eigenvalue weighted by Crippen LogP contribution is 2.19. The number of rotatable bonds is 7. The van der Waals surface area contributed by atoms with Gasteiger partial charge in [0.15, 0.2) is 6.04 Å². The number of benzene rings is 2. The highest BCUT2D eigenvalue weighted by Gasteiger charge is 2.33. The van der Waals surface area contributed by atoms with E-state index in [0.29, 0.717) is 19.8 Å². The first-order chi connectivity index (χ1) is 12.3. The maximum Gasteiger partial charge on any atom is 0.224 e. The number of hydrogen-bond donors (Lipinski definition) is 1. The Balaban J connectivity index is 1.83. The maximum absolute atomic E-state index is 13.3. The van der Waals surface area contributed by atoms with Crippen LogP contribution in [-0.4, -0.2) is 38.7 Å². The highest BCUT2D eigenvalue weighted by molar-refractivity contribution is 5.99. The van der Waals surface area contributed by atoms with Crippen LogP contribution < -0.4 is 9.64 Å². The van der Waals surface area contributed by atoms with E-state index in [0.717, 1.165) is 36.4 Å². The Labute approximate surface area is 149 Å². The minimum absolute atomic E-state index is 0.158. The van der Waals surface area contributed by atoms with Gasteiger partial charge in [-0.25, -0.2) is 0 Å².